The van der Waals surface area contributed by atoms with Crippen LogP contribution in [0.25, 0.3) is 0 Å². The third-order valence-electron chi connectivity index (χ3n) is 2.14. The first-order valence-corrected chi connectivity index (χ1v) is 5.50. The number of carbonyl (C=O) groups excluding carboxylic acids is 1. The van der Waals surface area contributed by atoms with E-state index in [1.807, 2.05) is 0 Å². The van der Waals surface area contributed by atoms with Crippen LogP contribution < -0.4 is 5.32 Å². The quantitative estimate of drug-likeness (QED) is 0.607. The van der Waals surface area contributed by atoms with Crippen molar-refractivity contribution in [3.05, 3.63) is 0 Å². The van der Waals surface area contributed by atoms with Crippen LogP contribution in [0.1, 0.15) is 59.3 Å². The predicted molar refractivity (Wildman–Crippen MR) is 56.7 cm³/mol. The molecule has 0 aromatic rings. The topological polar surface area (TPSA) is 29.1 Å². The van der Waals surface area contributed by atoms with Gasteiger partial charge in [0.25, 0.3) is 0 Å². The van der Waals surface area contributed by atoms with Crippen molar-refractivity contribution in [1.29, 1.82) is 0 Å². The fourth-order valence-electron chi connectivity index (χ4n) is 1.39. The van der Waals surface area contributed by atoms with Gasteiger partial charge in [-0.25, -0.2) is 0 Å². The van der Waals surface area contributed by atoms with Crippen LogP contribution in [0.15, 0.2) is 0 Å². The highest BCUT2D eigenvalue weighted by Crippen LogP contribution is 2.00. The molecule has 13 heavy (non-hydrogen) atoms. The zero-order valence-corrected chi connectivity index (χ0v) is 9.23. The summed E-state index contributed by atoms with van der Waals surface area (Å²) in [6.07, 6.45) is 6.28. The average Bonchev–Trinajstić information content (AvgIpc) is 2.05. The second-order valence-electron chi connectivity index (χ2n) is 3.71. The molecule has 0 unspecified atom stereocenters. The normalized spacial score (nSPS) is 12.5. The zero-order valence-electron chi connectivity index (χ0n) is 9.23. The minimum atomic E-state index is 0.217. The fourth-order valence-corrected chi connectivity index (χ4v) is 1.39. The van der Waals surface area contributed by atoms with Crippen LogP contribution in [0.3, 0.4) is 0 Å². The van der Waals surface area contributed by atoms with Crippen molar-refractivity contribution in [2.45, 2.75) is 65.3 Å². The minimum absolute atomic E-state index is 0.217. The number of hydrogen-bond donors (Lipinski definition) is 1. The van der Waals surface area contributed by atoms with E-state index in [1.165, 1.54) is 6.42 Å². The van der Waals surface area contributed by atoms with Gasteiger partial charge in [-0.3, -0.25) is 4.79 Å². The molecule has 0 saturated carbocycles. The Morgan fingerprint density at radius 1 is 1.23 bits per heavy atom. The molecule has 0 heterocycles. The van der Waals surface area contributed by atoms with E-state index in [2.05, 4.69) is 26.1 Å². The van der Waals surface area contributed by atoms with Gasteiger partial charge in [0.05, 0.1) is 0 Å². The van der Waals surface area contributed by atoms with Crippen molar-refractivity contribution in [2.75, 3.05) is 0 Å². The number of nitrogens with one attached hydrogen (secondary N) is 1. The maximum Gasteiger partial charge on any atom is 0.220 e. The van der Waals surface area contributed by atoms with Crippen molar-refractivity contribution < 1.29 is 4.79 Å². The molecule has 0 aliphatic carbocycles. The van der Waals surface area contributed by atoms with Gasteiger partial charge in [0.1, 0.15) is 0 Å². The zero-order chi connectivity index (χ0) is 10.1. The lowest BCUT2D eigenvalue weighted by molar-refractivity contribution is -0.121. The fraction of sp³-hybridized carbons (Fsp3) is 0.909. The molecule has 1 atom stereocenters. The van der Waals surface area contributed by atoms with E-state index in [4.69, 9.17) is 0 Å². The molecule has 2 nitrogen and oxygen atoms in total. The van der Waals surface area contributed by atoms with E-state index in [-0.39, 0.29) is 5.91 Å². The Kier molecular flexibility index (Phi) is 7.76. The predicted octanol–water partition coefficient (Wildman–Crippen LogP) is 2.87. The molecule has 0 aliphatic heterocycles. The largest absolute Gasteiger partial charge is 0.354 e. The van der Waals surface area contributed by atoms with Crippen molar-refractivity contribution in [3.63, 3.8) is 0 Å². The smallest absolute Gasteiger partial charge is 0.220 e. The van der Waals surface area contributed by atoms with Gasteiger partial charge >= 0.3 is 0 Å². The van der Waals surface area contributed by atoms with Gasteiger partial charge in [-0.05, 0) is 19.8 Å². The first-order chi connectivity index (χ1) is 6.20. The third kappa shape index (κ3) is 7.82. The van der Waals surface area contributed by atoms with Crippen molar-refractivity contribution in [2.24, 2.45) is 0 Å². The Balaban J connectivity index is 3.38. The maximum atomic E-state index is 11.3. The highest BCUT2D eigenvalue weighted by Gasteiger charge is 2.04. The molecular weight excluding hydrogens is 162 g/mol. The van der Waals surface area contributed by atoms with Crippen LogP contribution in [0.4, 0.5) is 0 Å². The van der Waals surface area contributed by atoms with Gasteiger partial charge in [0, 0.05) is 12.5 Å². The molecule has 2 heteroatoms. The molecule has 0 saturated heterocycles. The number of rotatable bonds is 7. The van der Waals surface area contributed by atoms with E-state index in [1.54, 1.807) is 0 Å². The molecule has 0 aromatic heterocycles. The van der Waals surface area contributed by atoms with Crippen LogP contribution in [0.5, 0.6) is 0 Å². The maximum absolute atomic E-state index is 11.3. The molecule has 0 bridgehead atoms. The van der Waals surface area contributed by atoms with E-state index >= 15 is 0 Å². The van der Waals surface area contributed by atoms with Crippen LogP contribution in [-0.2, 0) is 4.79 Å². The summed E-state index contributed by atoms with van der Waals surface area (Å²) in [5.74, 6) is 0.217. The first kappa shape index (κ1) is 12.5. The Morgan fingerprint density at radius 3 is 2.46 bits per heavy atom. The molecule has 0 spiro atoms. The molecular formula is C11H23NO. The molecule has 0 rings (SSSR count). The number of carbonyl (C=O) groups is 1. The highest BCUT2D eigenvalue weighted by atomic mass is 16.1. The second kappa shape index (κ2) is 8.09. The molecule has 0 aliphatic rings. The second-order valence-corrected chi connectivity index (χ2v) is 3.71. The van der Waals surface area contributed by atoms with Crippen LogP contribution >= 0.6 is 0 Å². The number of amides is 1. The summed E-state index contributed by atoms with van der Waals surface area (Å²) >= 11 is 0. The lowest BCUT2D eigenvalue weighted by Gasteiger charge is -2.12. The summed E-state index contributed by atoms with van der Waals surface area (Å²) < 4.78 is 0. The molecule has 0 aromatic carbocycles. The summed E-state index contributed by atoms with van der Waals surface area (Å²) in [6.45, 7) is 6.36. The van der Waals surface area contributed by atoms with Crippen molar-refractivity contribution in [1.82, 2.24) is 5.32 Å². The van der Waals surface area contributed by atoms with Crippen LogP contribution in [-0.4, -0.2) is 11.9 Å². The van der Waals surface area contributed by atoms with Gasteiger partial charge < -0.3 is 5.32 Å². The molecule has 78 valence electrons. The average molecular weight is 185 g/mol. The number of unbranched alkanes of at least 4 members (excludes halogenated alkanes) is 2. The summed E-state index contributed by atoms with van der Waals surface area (Å²) in [4.78, 5) is 11.3. The third-order valence-corrected chi connectivity index (χ3v) is 2.14. The molecule has 0 radical (unpaired) electrons. The monoisotopic (exact) mass is 185 g/mol. The molecule has 1 N–H and O–H groups in total. The van der Waals surface area contributed by atoms with Gasteiger partial charge in [-0.2, -0.15) is 0 Å². The van der Waals surface area contributed by atoms with Crippen LogP contribution in [0.2, 0.25) is 0 Å². The van der Waals surface area contributed by atoms with E-state index in [0.29, 0.717) is 12.5 Å². The summed E-state index contributed by atoms with van der Waals surface area (Å²) in [5.41, 5.74) is 0. The van der Waals surface area contributed by atoms with Gasteiger partial charge in [0.15, 0.2) is 0 Å². The Hall–Kier alpha value is -0.530. The lowest BCUT2D eigenvalue weighted by Crippen LogP contribution is -2.32. The van der Waals surface area contributed by atoms with Crippen molar-refractivity contribution in [3.8, 4) is 0 Å². The Bertz CT molecular complexity index is 134. The SMILES string of the molecule is CCCCCC(=O)N[C@@H](C)CCC. The Labute approximate surface area is 82.1 Å². The van der Waals surface area contributed by atoms with Gasteiger partial charge in [-0.15, -0.1) is 0 Å². The Morgan fingerprint density at radius 2 is 1.92 bits per heavy atom. The standard InChI is InChI=1S/C11H23NO/c1-4-6-7-9-11(13)12-10(3)8-5-2/h10H,4-9H2,1-3H3,(H,12,13)/t10-/m0/s1. The van der Waals surface area contributed by atoms with E-state index in [0.717, 1.165) is 25.7 Å². The minimum Gasteiger partial charge on any atom is -0.354 e. The van der Waals surface area contributed by atoms with Crippen LogP contribution in [0, 0.1) is 0 Å². The van der Waals surface area contributed by atoms with E-state index < -0.39 is 0 Å². The first-order valence-electron chi connectivity index (χ1n) is 5.50. The molecule has 1 amide bonds. The summed E-state index contributed by atoms with van der Waals surface area (Å²) in [6, 6.07) is 0.346. The van der Waals surface area contributed by atoms with E-state index in [9.17, 15) is 4.79 Å². The van der Waals surface area contributed by atoms with Crippen molar-refractivity contribution >= 4 is 5.91 Å². The highest BCUT2D eigenvalue weighted by molar-refractivity contribution is 5.76. The lowest BCUT2D eigenvalue weighted by atomic mass is 10.1. The summed E-state index contributed by atoms with van der Waals surface area (Å²) in [7, 11) is 0. The molecule has 0 fully saturated rings. The van der Waals surface area contributed by atoms with Gasteiger partial charge in [-0.1, -0.05) is 33.1 Å². The summed E-state index contributed by atoms with van der Waals surface area (Å²) in [5, 5.41) is 3.00. The number of hydrogen-bond acceptors (Lipinski definition) is 1. The van der Waals surface area contributed by atoms with Gasteiger partial charge in [0.2, 0.25) is 5.91 Å².